The third kappa shape index (κ3) is 3.28. The number of halogens is 2. The summed E-state index contributed by atoms with van der Waals surface area (Å²) in [5.74, 6) is 0.624. The van der Waals surface area contributed by atoms with Crippen molar-refractivity contribution in [1.29, 1.82) is 0 Å². The van der Waals surface area contributed by atoms with Crippen LogP contribution in [0.4, 0.5) is 0 Å². The van der Waals surface area contributed by atoms with Gasteiger partial charge < -0.3 is 4.90 Å². The van der Waals surface area contributed by atoms with Crippen molar-refractivity contribution in [3.63, 3.8) is 0 Å². The fraction of sp³-hybridized carbons (Fsp3) is 0.500. The topological polar surface area (TPSA) is 33.2 Å². The van der Waals surface area contributed by atoms with Gasteiger partial charge in [-0.1, -0.05) is 15.9 Å². The van der Waals surface area contributed by atoms with Crippen molar-refractivity contribution in [3.05, 3.63) is 28.5 Å². The zero-order valence-corrected chi connectivity index (χ0v) is 12.7. The van der Waals surface area contributed by atoms with Crippen molar-refractivity contribution >= 4 is 37.8 Å². The van der Waals surface area contributed by atoms with Crippen molar-refractivity contribution in [3.8, 4) is 0 Å². The van der Waals surface area contributed by atoms with Crippen LogP contribution in [0.25, 0.3) is 0 Å². The molecule has 0 radical (unpaired) electrons. The molecule has 0 N–H and O–H groups in total. The van der Waals surface area contributed by atoms with Crippen LogP contribution in [-0.4, -0.2) is 34.2 Å². The molecule has 5 heteroatoms. The Hall–Kier alpha value is -0.420. The normalized spacial score (nSPS) is 23.0. The van der Waals surface area contributed by atoms with E-state index in [-0.39, 0.29) is 5.91 Å². The summed E-state index contributed by atoms with van der Waals surface area (Å²) < 4.78 is 0.887. The van der Waals surface area contributed by atoms with Crippen molar-refractivity contribution in [2.75, 3.05) is 13.6 Å². The van der Waals surface area contributed by atoms with Crippen LogP contribution in [0.1, 0.15) is 23.3 Å². The van der Waals surface area contributed by atoms with Crippen LogP contribution in [0.2, 0.25) is 0 Å². The summed E-state index contributed by atoms with van der Waals surface area (Å²) in [4.78, 5) is 18.6. The first kappa shape index (κ1) is 13.0. The van der Waals surface area contributed by atoms with E-state index in [1.807, 2.05) is 13.1 Å². The second-order valence-corrected chi connectivity index (χ2v) is 6.69. The number of amides is 1. The number of nitrogens with zero attached hydrogens (tertiary/aromatic N) is 2. The Morgan fingerprint density at radius 2 is 2.24 bits per heavy atom. The molecule has 1 aliphatic rings. The molecule has 1 amide bonds. The molecule has 17 heavy (non-hydrogen) atoms. The fourth-order valence-electron chi connectivity index (χ4n) is 1.97. The van der Waals surface area contributed by atoms with Crippen LogP contribution in [0.5, 0.6) is 0 Å². The third-order valence-corrected chi connectivity index (χ3v) is 4.22. The van der Waals surface area contributed by atoms with Gasteiger partial charge >= 0.3 is 0 Å². The van der Waals surface area contributed by atoms with Crippen LogP contribution in [0, 0.1) is 5.92 Å². The van der Waals surface area contributed by atoms with Crippen molar-refractivity contribution in [1.82, 2.24) is 9.88 Å². The lowest BCUT2D eigenvalue weighted by molar-refractivity contribution is 0.0743. The van der Waals surface area contributed by atoms with Gasteiger partial charge in [-0.15, -0.1) is 0 Å². The van der Waals surface area contributed by atoms with E-state index >= 15 is 0 Å². The maximum absolute atomic E-state index is 12.0. The summed E-state index contributed by atoms with van der Waals surface area (Å²) in [7, 11) is 1.84. The quantitative estimate of drug-likeness (QED) is 0.775. The molecule has 92 valence electrons. The van der Waals surface area contributed by atoms with Crippen molar-refractivity contribution in [2.24, 2.45) is 5.92 Å². The molecule has 1 aromatic rings. The highest BCUT2D eigenvalue weighted by atomic mass is 79.9. The van der Waals surface area contributed by atoms with E-state index in [2.05, 4.69) is 36.8 Å². The van der Waals surface area contributed by atoms with Gasteiger partial charge in [0.1, 0.15) is 5.69 Å². The number of hydrogen-bond donors (Lipinski definition) is 0. The minimum Gasteiger partial charge on any atom is -0.340 e. The average Bonchev–Trinajstić information content (AvgIpc) is 2.27. The molecule has 0 unspecified atom stereocenters. The Morgan fingerprint density at radius 3 is 2.76 bits per heavy atom. The zero-order chi connectivity index (χ0) is 12.4. The standard InChI is InChI=1S/C12H14Br2N2O/c1-16(7-8-4-10(14)5-8)12(17)11-3-2-9(13)6-15-11/h2-3,6,8,10H,4-5,7H2,1H3. The summed E-state index contributed by atoms with van der Waals surface area (Å²) in [5, 5.41) is 0. The minimum absolute atomic E-state index is 0.00415. The Labute approximate surface area is 118 Å². The van der Waals surface area contributed by atoms with Gasteiger partial charge in [-0.25, -0.2) is 4.98 Å². The third-order valence-electron chi connectivity index (χ3n) is 3.00. The molecule has 1 heterocycles. The number of rotatable bonds is 3. The maximum Gasteiger partial charge on any atom is 0.272 e. The lowest BCUT2D eigenvalue weighted by atomic mass is 9.85. The number of pyridine rings is 1. The lowest BCUT2D eigenvalue weighted by Crippen LogP contribution is -2.38. The van der Waals surface area contributed by atoms with Gasteiger partial charge in [-0.05, 0) is 46.8 Å². The Bertz CT molecular complexity index is 401. The smallest absolute Gasteiger partial charge is 0.272 e. The van der Waals surface area contributed by atoms with Gasteiger partial charge in [0.25, 0.3) is 5.91 Å². The van der Waals surface area contributed by atoms with Gasteiger partial charge in [0.05, 0.1) is 0 Å². The molecular weight excluding hydrogens is 348 g/mol. The van der Waals surface area contributed by atoms with Gasteiger partial charge in [0.2, 0.25) is 0 Å². The van der Waals surface area contributed by atoms with Crippen molar-refractivity contribution < 1.29 is 4.79 Å². The zero-order valence-electron chi connectivity index (χ0n) is 9.57. The lowest BCUT2D eigenvalue weighted by Gasteiger charge is -2.34. The van der Waals surface area contributed by atoms with E-state index in [0.717, 1.165) is 23.9 Å². The number of alkyl halides is 1. The SMILES string of the molecule is CN(CC1CC(Br)C1)C(=O)c1ccc(Br)cn1. The number of aromatic nitrogens is 1. The van der Waals surface area contributed by atoms with Crippen molar-refractivity contribution in [2.45, 2.75) is 17.7 Å². The summed E-state index contributed by atoms with van der Waals surface area (Å²) in [6, 6.07) is 3.59. The first-order valence-electron chi connectivity index (χ1n) is 5.57. The Morgan fingerprint density at radius 1 is 1.53 bits per heavy atom. The Balaban J connectivity index is 1.92. The van der Waals surface area contributed by atoms with E-state index in [1.54, 1.807) is 17.2 Å². The summed E-state index contributed by atoms with van der Waals surface area (Å²) >= 11 is 6.87. The molecule has 0 saturated heterocycles. The molecule has 0 atom stereocenters. The second kappa shape index (κ2) is 5.48. The summed E-state index contributed by atoms with van der Waals surface area (Å²) in [6.45, 7) is 0.818. The van der Waals surface area contributed by atoms with Gasteiger partial charge in [0.15, 0.2) is 0 Å². The molecule has 1 fully saturated rings. The molecule has 0 aliphatic heterocycles. The predicted molar refractivity (Wildman–Crippen MR) is 74.3 cm³/mol. The molecule has 2 rings (SSSR count). The van der Waals surface area contributed by atoms with Crippen LogP contribution in [0.3, 0.4) is 0 Å². The van der Waals surface area contributed by atoms with Gasteiger partial charge in [-0.2, -0.15) is 0 Å². The van der Waals surface area contributed by atoms with Gasteiger partial charge in [-0.3, -0.25) is 4.79 Å². The molecule has 3 nitrogen and oxygen atoms in total. The van der Waals surface area contributed by atoms with Crippen LogP contribution in [-0.2, 0) is 0 Å². The number of carbonyl (C=O) groups excluding carboxylic acids is 1. The van der Waals surface area contributed by atoms with Crippen LogP contribution >= 0.6 is 31.9 Å². The molecule has 1 saturated carbocycles. The largest absolute Gasteiger partial charge is 0.340 e. The second-order valence-electron chi connectivity index (χ2n) is 4.48. The average molecular weight is 362 g/mol. The number of hydrogen-bond acceptors (Lipinski definition) is 2. The van der Waals surface area contributed by atoms with Crippen LogP contribution < -0.4 is 0 Å². The van der Waals surface area contributed by atoms with E-state index in [4.69, 9.17) is 0 Å². The van der Waals surface area contributed by atoms with E-state index in [0.29, 0.717) is 16.4 Å². The van der Waals surface area contributed by atoms with Crippen LogP contribution in [0.15, 0.2) is 22.8 Å². The van der Waals surface area contributed by atoms with Gasteiger partial charge in [0, 0.05) is 29.1 Å². The molecular formula is C12H14Br2N2O. The predicted octanol–water partition coefficient (Wildman–Crippen LogP) is 3.09. The first-order chi connectivity index (χ1) is 8.06. The molecule has 0 spiro atoms. The molecule has 0 aromatic carbocycles. The highest BCUT2D eigenvalue weighted by molar-refractivity contribution is 9.10. The summed E-state index contributed by atoms with van der Waals surface area (Å²) in [5.41, 5.74) is 0.505. The molecule has 1 aromatic heterocycles. The minimum atomic E-state index is -0.00415. The van der Waals surface area contributed by atoms with E-state index in [1.165, 1.54) is 0 Å². The maximum atomic E-state index is 12.0. The Kier molecular flexibility index (Phi) is 4.20. The van der Waals surface area contributed by atoms with E-state index < -0.39 is 0 Å². The molecule has 0 bridgehead atoms. The first-order valence-corrected chi connectivity index (χ1v) is 7.28. The number of carbonyl (C=O) groups is 1. The highest BCUT2D eigenvalue weighted by Gasteiger charge is 2.29. The van der Waals surface area contributed by atoms with E-state index in [9.17, 15) is 4.79 Å². The summed E-state index contributed by atoms with van der Waals surface area (Å²) in [6.07, 6.45) is 3.97. The monoisotopic (exact) mass is 360 g/mol. The highest BCUT2D eigenvalue weighted by Crippen LogP contribution is 2.33. The molecule has 1 aliphatic carbocycles. The fourth-order valence-corrected chi connectivity index (χ4v) is 3.26.